The van der Waals surface area contributed by atoms with Gasteiger partial charge in [-0.05, 0) is 29.8 Å². The summed E-state index contributed by atoms with van der Waals surface area (Å²) in [5.74, 6) is -1.29. The Morgan fingerprint density at radius 3 is 2.46 bits per heavy atom. The summed E-state index contributed by atoms with van der Waals surface area (Å²) in [4.78, 5) is 23.4. The number of nitriles is 1. The van der Waals surface area contributed by atoms with E-state index in [-0.39, 0.29) is 35.9 Å². The third kappa shape index (κ3) is 4.74. The lowest BCUT2D eigenvalue weighted by molar-refractivity contribution is -0.120. The van der Waals surface area contributed by atoms with Gasteiger partial charge < -0.3 is 20.8 Å². The molecule has 0 aliphatic carbocycles. The van der Waals surface area contributed by atoms with E-state index in [0.717, 1.165) is 11.6 Å². The molecule has 7 heteroatoms. The van der Waals surface area contributed by atoms with E-state index in [0.29, 0.717) is 5.69 Å². The van der Waals surface area contributed by atoms with Crippen LogP contribution in [0.2, 0.25) is 0 Å². The molecule has 0 aromatic heterocycles. The highest BCUT2D eigenvalue weighted by molar-refractivity contribution is 6.04. The Kier molecular flexibility index (Phi) is 5.36. The highest BCUT2D eigenvalue weighted by Crippen LogP contribution is 2.21. The number of nitrogens with zero attached hydrogens (tertiary/aromatic N) is 1. The average molecular weight is 325 g/mol. The molecular weight excluding hydrogens is 310 g/mol. The fourth-order valence-corrected chi connectivity index (χ4v) is 2.02. The predicted molar refractivity (Wildman–Crippen MR) is 86.2 cm³/mol. The minimum Gasteiger partial charge on any atom is -0.508 e. The van der Waals surface area contributed by atoms with E-state index < -0.39 is 5.91 Å². The first-order valence-electron chi connectivity index (χ1n) is 7.05. The van der Waals surface area contributed by atoms with Crippen LogP contribution in [0.5, 0.6) is 11.5 Å². The number of hydrogen-bond acceptors (Lipinski definition) is 5. The fourth-order valence-electron chi connectivity index (χ4n) is 2.02. The summed E-state index contributed by atoms with van der Waals surface area (Å²) in [6, 6.07) is 12.2. The van der Waals surface area contributed by atoms with E-state index in [1.807, 2.05) is 0 Å². The Morgan fingerprint density at radius 1 is 1.08 bits per heavy atom. The summed E-state index contributed by atoms with van der Waals surface area (Å²) in [6.45, 7) is 0.233. The molecule has 0 saturated heterocycles. The molecule has 24 heavy (non-hydrogen) atoms. The minimum absolute atomic E-state index is 0.111. The van der Waals surface area contributed by atoms with Crippen LogP contribution in [0.25, 0.3) is 0 Å². The Balaban J connectivity index is 2.05. The van der Waals surface area contributed by atoms with E-state index >= 15 is 0 Å². The topological polar surface area (TPSA) is 122 Å². The summed E-state index contributed by atoms with van der Waals surface area (Å²) in [5.41, 5.74) is 1.35. The van der Waals surface area contributed by atoms with Gasteiger partial charge in [-0.2, -0.15) is 5.26 Å². The molecule has 0 saturated carbocycles. The van der Waals surface area contributed by atoms with Crippen LogP contribution >= 0.6 is 0 Å². The molecule has 0 aliphatic rings. The third-order valence-electron chi connectivity index (χ3n) is 3.08. The molecule has 2 rings (SSSR count). The summed E-state index contributed by atoms with van der Waals surface area (Å²) in [5, 5.41) is 32.5. The van der Waals surface area contributed by atoms with Gasteiger partial charge in [-0.1, -0.05) is 12.1 Å². The van der Waals surface area contributed by atoms with Gasteiger partial charge in [0.15, 0.2) is 0 Å². The zero-order valence-electron chi connectivity index (χ0n) is 12.6. The molecule has 0 fully saturated rings. The van der Waals surface area contributed by atoms with Crippen LogP contribution < -0.4 is 10.6 Å². The van der Waals surface area contributed by atoms with Crippen molar-refractivity contribution in [2.24, 2.45) is 0 Å². The molecule has 0 spiro atoms. The number of nitrogens with one attached hydrogen (secondary N) is 2. The van der Waals surface area contributed by atoms with Crippen LogP contribution in [-0.4, -0.2) is 22.0 Å². The number of phenolic OH excluding ortho intramolecular Hbond substituents is 2. The fraction of sp³-hybridized carbons (Fsp3) is 0.118. The summed E-state index contributed by atoms with van der Waals surface area (Å²) >= 11 is 0. The second-order valence-electron chi connectivity index (χ2n) is 5.00. The maximum atomic E-state index is 12.1. The molecule has 4 N–H and O–H groups in total. The van der Waals surface area contributed by atoms with E-state index in [9.17, 15) is 19.8 Å². The standard InChI is InChI=1S/C17H15N3O4/c18-5-4-16(23)19-10-11-2-1-3-13(6-11)20-17(24)12-7-14(21)9-15(22)8-12/h1-3,6-9,21-22H,4,10H2,(H,19,23)(H,20,24). The second kappa shape index (κ2) is 7.65. The van der Waals surface area contributed by atoms with Gasteiger partial charge in [0.05, 0.1) is 6.07 Å². The van der Waals surface area contributed by atoms with Crippen LogP contribution in [0, 0.1) is 11.3 Å². The lowest BCUT2D eigenvalue weighted by atomic mass is 10.1. The summed E-state index contributed by atoms with van der Waals surface area (Å²) < 4.78 is 0. The summed E-state index contributed by atoms with van der Waals surface area (Å²) in [7, 11) is 0. The second-order valence-corrected chi connectivity index (χ2v) is 5.00. The first-order valence-corrected chi connectivity index (χ1v) is 7.05. The molecule has 0 atom stereocenters. The summed E-state index contributed by atoms with van der Waals surface area (Å²) in [6.07, 6.45) is -0.211. The zero-order chi connectivity index (χ0) is 17.5. The van der Waals surface area contributed by atoms with Gasteiger partial charge in [0.2, 0.25) is 5.91 Å². The average Bonchev–Trinajstić information content (AvgIpc) is 2.53. The number of aromatic hydroxyl groups is 2. The SMILES string of the molecule is N#CCC(=O)NCc1cccc(NC(=O)c2cc(O)cc(O)c2)c1. The van der Waals surface area contributed by atoms with Gasteiger partial charge in [0.1, 0.15) is 17.9 Å². The van der Waals surface area contributed by atoms with E-state index in [1.54, 1.807) is 30.3 Å². The van der Waals surface area contributed by atoms with Gasteiger partial charge in [-0.15, -0.1) is 0 Å². The van der Waals surface area contributed by atoms with Crippen LogP contribution in [0.1, 0.15) is 22.3 Å². The first-order chi connectivity index (χ1) is 11.5. The van der Waals surface area contributed by atoms with Crippen molar-refractivity contribution >= 4 is 17.5 Å². The highest BCUT2D eigenvalue weighted by atomic mass is 16.3. The van der Waals surface area contributed by atoms with Gasteiger partial charge in [0, 0.05) is 23.9 Å². The number of anilines is 1. The van der Waals surface area contributed by atoms with E-state index in [2.05, 4.69) is 10.6 Å². The van der Waals surface area contributed by atoms with E-state index in [1.165, 1.54) is 12.1 Å². The number of amides is 2. The minimum atomic E-state index is -0.494. The number of hydrogen-bond donors (Lipinski definition) is 4. The molecule has 7 nitrogen and oxygen atoms in total. The van der Waals surface area contributed by atoms with Crippen molar-refractivity contribution in [3.8, 4) is 17.6 Å². The molecule has 2 aromatic carbocycles. The van der Waals surface area contributed by atoms with E-state index in [4.69, 9.17) is 5.26 Å². The normalized spacial score (nSPS) is 9.79. The number of benzene rings is 2. The first kappa shape index (κ1) is 16.8. The van der Waals surface area contributed by atoms with Crippen molar-refractivity contribution in [1.82, 2.24) is 5.32 Å². The molecule has 0 heterocycles. The van der Waals surface area contributed by atoms with Crippen molar-refractivity contribution < 1.29 is 19.8 Å². The molecule has 0 radical (unpaired) electrons. The molecule has 0 unspecified atom stereocenters. The lowest BCUT2D eigenvalue weighted by Crippen LogP contribution is -2.21. The maximum absolute atomic E-state index is 12.1. The number of carbonyl (C=O) groups is 2. The Morgan fingerprint density at radius 2 is 1.79 bits per heavy atom. The van der Waals surface area contributed by atoms with Crippen LogP contribution in [0.3, 0.4) is 0 Å². The quantitative estimate of drug-likeness (QED) is 0.668. The largest absolute Gasteiger partial charge is 0.508 e. The van der Waals surface area contributed by atoms with Crippen molar-refractivity contribution in [2.75, 3.05) is 5.32 Å². The van der Waals surface area contributed by atoms with Crippen LogP contribution in [0.4, 0.5) is 5.69 Å². The van der Waals surface area contributed by atoms with Gasteiger partial charge in [-0.25, -0.2) is 0 Å². The molecular formula is C17H15N3O4. The molecule has 2 aromatic rings. The lowest BCUT2D eigenvalue weighted by Gasteiger charge is -2.09. The molecule has 0 aliphatic heterocycles. The van der Waals surface area contributed by atoms with Crippen molar-refractivity contribution in [2.45, 2.75) is 13.0 Å². The third-order valence-corrected chi connectivity index (χ3v) is 3.08. The van der Waals surface area contributed by atoms with Crippen molar-refractivity contribution in [3.05, 3.63) is 53.6 Å². The zero-order valence-corrected chi connectivity index (χ0v) is 12.6. The predicted octanol–water partition coefficient (Wildman–Crippen LogP) is 1.88. The molecule has 2 amide bonds. The molecule has 0 bridgehead atoms. The Hall–Kier alpha value is -3.53. The number of rotatable bonds is 5. The maximum Gasteiger partial charge on any atom is 0.255 e. The smallest absolute Gasteiger partial charge is 0.255 e. The van der Waals surface area contributed by atoms with Gasteiger partial charge in [0.25, 0.3) is 5.91 Å². The van der Waals surface area contributed by atoms with Crippen molar-refractivity contribution in [1.29, 1.82) is 5.26 Å². The van der Waals surface area contributed by atoms with Crippen LogP contribution in [0.15, 0.2) is 42.5 Å². The number of phenols is 2. The monoisotopic (exact) mass is 325 g/mol. The van der Waals surface area contributed by atoms with Crippen LogP contribution in [-0.2, 0) is 11.3 Å². The number of carbonyl (C=O) groups excluding carboxylic acids is 2. The molecule has 122 valence electrons. The van der Waals surface area contributed by atoms with Gasteiger partial charge in [-0.3, -0.25) is 9.59 Å². The van der Waals surface area contributed by atoms with Crippen molar-refractivity contribution in [3.63, 3.8) is 0 Å². The Bertz CT molecular complexity index is 791. The van der Waals surface area contributed by atoms with Gasteiger partial charge >= 0.3 is 0 Å². The Labute approximate surface area is 138 Å². The highest BCUT2D eigenvalue weighted by Gasteiger charge is 2.09.